The lowest BCUT2D eigenvalue weighted by Crippen LogP contribution is -1.65. The molecule has 0 amide bonds. The average molecular weight is 119 g/mol. The van der Waals surface area contributed by atoms with Gasteiger partial charge in [0.05, 0.1) is 12.5 Å². The SMILES string of the molecule is c1cc2ccoc2cn1. The lowest BCUT2D eigenvalue weighted by Gasteiger charge is -1.80. The van der Waals surface area contributed by atoms with Crippen molar-refractivity contribution >= 4 is 11.0 Å². The number of hydrogen-bond donors (Lipinski definition) is 0. The Morgan fingerprint density at radius 3 is 3.22 bits per heavy atom. The van der Waals surface area contributed by atoms with Gasteiger partial charge in [0.15, 0.2) is 5.58 Å². The molecule has 44 valence electrons. The predicted octanol–water partition coefficient (Wildman–Crippen LogP) is 1.83. The van der Waals surface area contributed by atoms with Crippen molar-refractivity contribution in [2.75, 3.05) is 0 Å². The standard InChI is InChI=1S/C7H5NO/c1-3-8-5-7-6(1)2-4-9-7/h1-5H. The van der Waals surface area contributed by atoms with Gasteiger partial charge in [0, 0.05) is 11.6 Å². The molecule has 0 radical (unpaired) electrons. The van der Waals surface area contributed by atoms with Gasteiger partial charge < -0.3 is 4.42 Å². The van der Waals surface area contributed by atoms with Crippen LogP contribution in [0.25, 0.3) is 11.0 Å². The minimum Gasteiger partial charge on any atom is -0.463 e. The summed E-state index contributed by atoms with van der Waals surface area (Å²) in [5.74, 6) is 0. The molecule has 2 heterocycles. The summed E-state index contributed by atoms with van der Waals surface area (Å²) in [6.07, 6.45) is 5.11. The summed E-state index contributed by atoms with van der Waals surface area (Å²) in [7, 11) is 0. The van der Waals surface area contributed by atoms with Crippen LogP contribution < -0.4 is 0 Å². The number of pyridine rings is 1. The molecule has 0 aromatic carbocycles. The summed E-state index contributed by atoms with van der Waals surface area (Å²) in [5, 5.41) is 1.10. The maximum absolute atomic E-state index is 5.06. The van der Waals surface area contributed by atoms with Crippen LogP contribution in [0.3, 0.4) is 0 Å². The Bertz CT molecular complexity index is 283. The normalized spacial score (nSPS) is 10.2. The quantitative estimate of drug-likeness (QED) is 0.528. The zero-order chi connectivity index (χ0) is 6.10. The first-order chi connectivity index (χ1) is 4.47. The van der Waals surface area contributed by atoms with E-state index in [1.807, 2.05) is 12.1 Å². The Morgan fingerprint density at radius 2 is 2.33 bits per heavy atom. The van der Waals surface area contributed by atoms with Gasteiger partial charge in [-0.15, -0.1) is 0 Å². The van der Waals surface area contributed by atoms with Crippen molar-refractivity contribution in [1.82, 2.24) is 4.98 Å². The van der Waals surface area contributed by atoms with Crippen LogP contribution in [0.1, 0.15) is 0 Å². The Kier molecular flexibility index (Phi) is 0.803. The second-order valence-corrected chi connectivity index (χ2v) is 1.83. The van der Waals surface area contributed by atoms with Gasteiger partial charge in [0.1, 0.15) is 0 Å². The van der Waals surface area contributed by atoms with E-state index in [0.29, 0.717) is 0 Å². The van der Waals surface area contributed by atoms with Crippen LogP contribution in [-0.4, -0.2) is 4.98 Å². The van der Waals surface area contributed by atoms with Crippen molar-refractivity contribution in [3.8, 4) is 0 Å². The fourth-order valence-electron chi connectivity index (χ4n) is 0.808. The molecule has 2 aromatic rings. The number of aromatic nitrogens is 1. The highest BCUT2D eigenvalue weighted by molar-refractivity contribution is 5.75. The maximum Gasteiger partial charge on any atom is 0.152 e. The Hall–Kier alpha value is -1.31. The third-order valence-electron chi connectivity index (χ3n) is 1.26. The molecule has 2 rings (SSSR count). The van der Waals surface area contributed by atoms with Crippen LogP contribution in [0.2, 0.25) is 0 Å². The minimum absolute atomic E-state index is 0.845. The van der Waals surface area contributed by atoms with Crippen LogP contribution in [0, 0.1) is 0 Å². The molecule has 0 unspecified atom stereocenters. The third kappa shape index (κ3) is 0.598. The van der Waals surface area contributed by atoms with E-state index in [9.17, 15) is 0 Å². The fourth-order valence-corrected chi connectivity index (χ4v) is 0.808. The van der Waals surface area contributed by atoms with E-state index in [1.54, 1.807) is 18.7 Å². The lowest BCUT2D eigenvalue weighted by molar-refractivity contribution is 0.614. The maximum atomic E-state index is 5.06. The fraction of sp³-hybridized carbons (Fsp3) is 0. The smallest absolute Gasteiger partial charge is 0.152 e. The van der Waals surface area contributed by atoms with E-state index in [1.165, 1.54) is 0 Å². The van der Waals surface area contributed by atoms with Crippen LogP contribution in [0.5, 0.6) is 0 Å². The minimum atomic E-state index is 0.845. The van der Waals surface area contributed by atoms with Gasteiger partial charge in [-0.25, -0.2) is 0 Å². The van der Waals surface area contributed by atoms with Crippen molar-refractivity contribution in [3.05, 3.63) is 30.8 Å². The zero-order valence-electron chi connectivity index (χ0n) is 4.74. The highest BCUT2D eigenvalue weighted by Gasteiger charge is 1.90. The van der Waals surface area contributed by atoms with Crippen molar-refractivity contribution in [2.24, 2.45) is 0 Å². The molecular formula is C7H5NO. The third-order valence-corrected chi connectivity index (χ3v) is 1.26. The summed E-state index contributed by atoms with van der Waals surface area (Å²) < 4.78 is 5.06. The number of rotatable bonds is 0. The second-order valence-electron chi connectivity index (χ2n) is 1.83. The van der Waals surface area contributed by atoms with Crippen LogP contribution in [0.4, 0.5) is 0 Å². The molecular weight excluding hydrogens is 114 g/mol. The molecule has 0 N–H and O–H groups in total. The van der Waals surface area contributed by atoms with Gasteiger partial charge in [-0.1, -0.05) is 0 Å². The molecule has 0 saturated heterocycles. The topological polar surface area (TPSA) is 26.0 Å². The van der Waals surface area contributed by atoms with E-state index in [0.717, 1.165) is 11.0 Å². The van der Waals surface area contributed by atoms with Crippen LogP contribution >= 0.6 is 0 Å². The van der Waals surface area contributed by atoms with E-state index in [2.05, 4.69) is 4.98 Å². The summed E-state index contributed by atoms with van der Waals surface area (Å²) in [5.41, 5.74) is 0.845. The second kappa shape index (κ2) is 1.58. The summed E-state index contributed by atoms with van der Waals surface area (Å²) in [4.78, 5) is 3.89. The molecule has 9 heavy (non-hydrogen) atoms. The van der Waals surface area contributed by atoms with Gasteiger partial charge in [0.25, 0.3) is 0 Å². The van der Waals surface area contributed by atoms with Crippen molar-refractivity contribution in [1.29, 1.82) is 0 Å². The molecule has 0 fully saturated rings. The van der Waals surface area contributed by atoms with Gasteiger partial charge in [-0.3, -0.25) is 4.98 Å². The molecule has 2 aromatic heterocycles. The first-order valence-corrected chi connectivity index (χ1v) is 2.74. The summed E-state index contributed by atoms with van der Waals surface area (Å²) in [6.45, 7) is 0. The number of furan rings is 1. The molecule has 0 aliphatic heterocycles. The lowest BCUT2D eigenvalue weighted by atomic mass is 10.3. The first-order valence-electron chi connectivity index (χ1n) is 2.74. The number of nitrogens with zero attached hydrogens (tertiary/aromatic N) is 1. The van der Waals surface area contributed by atoms with Gasteiger partial charge in [-0.2, -0.15) is 0 Å². The Labute approximate surface area is 52.1 Å². The predicted molar refractivity (Wildman–Crippen MR) is 34.0 cm³/mol. The molecule has 0 aliphatic carbocycles. The van der Waals surface area contributed by atoms with Crippen molar-refractivity contribution in [2.45, 2.75) is 0 Å². The largest absolute Gasteiger partial charge is 0.463 e. The van der Waals surface area contributed by atoms with Crippen molar-refractivity contribution < 1.29 is 4.42 Å². The summed E-state index contributed by atoms with van der Waals surface area (Å²) in [6, 6.07) is 3.83. The molecule has 0 bridgehead atoms. The van der Waals surface area contributed by atoms with Gasteiger partial charge in [-0.05, 0) is 12.1 Å². The Morgan fingerprint density at radius 1 is 1.33 bits per heavy atom. The van der Waals surface area contributed by atoms with E-state index >= 15 is 0 Å². The van der Waals surface area contributed by atoms with Gasteiger partial charge in [0.2, 0.25) is 0 Å². The molecule has 2 nitrogen and oxygen atoms in total. The highest BCUT2D eigenvalue weighted by Crippen LogP contribution is 2.11. The van der Waals surface area contributed by atoms with E-state index < -0.39 is 0 Å². The van der Waals surface area contributed by atoms with Crippen molar-refractivity contribution in [3.63, 3.8) is 0 Å². The first kappa shape index (κ1) is 4.56. The monoisotopic (exact) mass is 119 g/mol. The molecule has 0 saturated carbocycles. The molecule has 0 aliphatic rings. The van der Waals surface area contributed by atoms with E-state index in [-0.39, 0.29) is 0 Å². The number of fused-ring (bicyclic) bond motifs is 1. The van der Waals surface area contributed by atoms with Crippen LogP contribution in [-0.2, 0) is 0 Å². The van der Waals surface area contributed by atoms with Crippen LogP contribution in [0.15, 0.2) is 35.2 Å². The molecule has 0 spiro atoms. The zero-order valence-corrected chi connectivity index (χ0v) is 4.74. The van der Waals surface area contributed by atoms with Gasteiger partial charge >= 0.3 is 0 Å². The molecule has 0 atom stereocenters. The Balaban J connectivity index is 2.95. The molecule has 2 heteroatoms. The summed E-state index contributed by atoms with van der Waals surface area (Å²) >= 11 is 0. The van der Waals surface area contributed by atoms with E-state index in [4.69, 9.17) is 4.42 Å². The number of hydrogen-bond acceptors (Lipinski definition) is 2. The average Bonchev–Trinajstić information content (AvgIpc) is 2.33. The highest BCUT2D eigenvalue weighted by atomic mass is 16.3.